The lowest BCUT2D eigenvalue weighted by Gasteiger charge is -2.29. The first-order valence-corrected chi connectivity index (χ1v) is 29.6. The summed E-state index contributed by atoms with van der Waals surface area (Å²) in [6.07, 6.45) is 5.33. The summed E-state index contributed by atoms with van der Waals surface area (Å²) < 4.78 is 0. The summed E-state index contributed by atoms with van der Waals surface area (Å²) in [6, 6.07) is -4.46. The highest BCUT2D eigenvalue weighted by Gasteiger charge is 2.37. The van der Waals surface area contributed by atoms with Crippen molar-refractivity contribution in [1.82, 2.24) is 57.5 Å². The molecule has 0 fully saturated rings. The third kappa shape index (κ3) is 25.2. The second-order valence-corrected chi connectivity index (χ2v) is 23.2. The molecule has 0 aliphatic heterocycles. The van der Waals surface area contributed by atoms with Crippen molar-refractivity contribution in [2.75, 3.05) is 13.1 Å². The van der Waals surface area contributed by atoms with Crippen molar-refractivity contribution in [1.29, 1.82) is 0 Å². The minimum absolute atomic E-state index is 0.00941. The van der Waals surface area contributed by atoms with Gasteiger partial charge in [-0.05, 0) is 99.6 Å². The predicted octanol–water partition coefficient (Wildman–Crippen LogP) is -0.401. The maximum Gasteiger partial charge on any atom is 0.326 e. The third-order valence-corrected chi connectivity index (χ3v) is 14.3. The molecule has 9 amide bonds. The molecule has 0 spiro atoms. The number of nitrogens with two attached hydrogens (primary N) is 5. The number of primary amides is 1. The zero-order chi connectivity index (χ0) is 64.2. The maximum atomic E-state index is 14.6. The Labute approximate surface area is 502 Å². The largest absolute Gasteiger partial charge is 0.480 e. The number of aliphatic imine (C=N–C) groups is 1. The Kier molecular flexibility index (Phi) is 30.7. The van der Waals surface area contributed by atoms with E-state index in [1.165, 1.54) is 12.5 Å². The number of carbonyl (C=O) groups is 10. The van der Waals surface area contributed by atoms with Crippen LogP contribution in [0.25, 0.3) is 10.9 Å². The molecule has 0 aliphatic rings. The molecule has 3 rings (SSSR count). The Morgan fingerprint density at radius 2 is 1.06 bits per heavy atom. The molecule has 86 heavy (non-hydrogen) atoms. The van der Waals surface area contributed by atoms with Crippen molar-refractivity contribution in [3.8, 4) is 0 Å². The van der Waals surface area contributed by atoms with E-state index in [4.69, 9.17) is 28.7 Å². The van der Waals surface area contributed by atoms with E-state index in [1.54, 1.807) is 52.1 Å². The van der Waals surface area contributed by atoms with Gasteiger partial charge in [-0.25, -0.2) is 9.78 Å². The van der Waals surface area contributed by atoms with Crippen LogP contribution in [0.1, 0.15) is 137 Å². The van der Waals surface area contributed by atoms with Crippen LogP contribution in [0.5, 0.6) is 0 Å². The summed E-state index contributed by atoms with van der Waals surface area (Å²) in [4.78, 5) is 153. The lowest BCUT2D eigenvalue weighted by atomic mass is 9.97. The fraction of sp³-hybridized carbons (Fsp3) is 0.621. The van der Waals surface area contributed by atoms with E-state index in [2.05, 4.69) is 62.5 Å². The van der Waals surface area contributed by atoms with Crippen molar-refractivity contribution < 1.29 is 53.1 Å². The van der Waals surface area contributed by atoms with Gasteiger partial charge in [0.1, 0.15) is 48.3 Å². The smallest absolute Gasteiger partial charge is 0.326 e. The van der Waals surface area contributed by atoms with Crippen LogP contribution in [0, 0.1) is 23.7 Å². The maximum absolute atomic E-state index is 14.6. The molecule has 0 unspecified atom stereocenters. The third-order valence-electron chi connectivity index (χ3n) is 14.3. The number of rotatable bonds is 40. The van der Waals surface area contributed by atoms with Gasteiger partial charge in [-0.15, -0.1) is 0 Å². The van der Waals surface area contributed by atoms with Crippen LogP contribution < -0.4 is 71.2 Å². The number of carboxylic acid groups (broad SMARTS) is 1. The van der Waals surface area contributed by atoms with Gasteiger partial charge in [0.05, 0.1) is 12.4 Å². The zero-order valence-corrected chi connectivity index (χ0v) is 51.0. The number of nitrogens with one attached hydrogen (secondary N) is 10. The Balaban J connectivity index is 2.00. The number of unbranched alkanes of at least 4 members (excludes halogenated alkanes) is 1. The van der Waals surface area contributed by atoms with Crippen LogP contribution in [-0.2, 0) is 60.8 Å². The quantitative estimate of drug-likeness (QED) is 0.0196. The first-order valence-electron chi connectivity index (χ1n) is 29.6. The van der Waals surface area contributed by atoms with Crippen molar-refractivity contribution in [2.45, 2.75) is 193 Å². The molecule has 0 saturated heterocycles. The number of H-pyrrole nitrogens is 2. The van der Waals surface area contributed by atoms with Crippen LogP contribution >= 0.6 is 0 Å². The Morgan fingerprint density at radius 3 is 1.56 bits per heavy atom. The molecule has 28 heteroatoms. The molecular weight excluding hydrogens is 1110 g/mol. The Morgan fingerprint density at radius 1 is 0.581 bits per heavy atom. The number of carbonyl (C=O) groups excluding carboxylic acids is 9. The fourth-order valence-electron chi connectivity index (χ4n) is 9.51. The average molecular weight is 1210 g/mol. The number of hydrogen-bond donors (Lipinski definition) is 16. The van der Waals surface area contributed by atoms with Gasteiger partial charge < -0.3 is 86.3 Å². The van der Waals surface area contributed by atoms with Crippen LogP contribution in [0.15, 0.2) is 48.0 Å². The lowest BCUT2D eigenvalue weighted by Crippen LogP contribution is -2.61. The standard InChI is InChI=1S/C58H95N17O11/c1-9-34(8)48(57(85)86)75-56(84)45(26-35-28-66-39-16-11-10-15-37(35)39)73-52(80)42(19-20-47(61)76)70-55(83)46(27-36-29-64-30-67-36)74-54(82)44(25-33(6)7)72-51(79)41(18-14-22-65-58(62)63)68-50(78)40(17-12-13-21-59)69-53(81)43(24-32(4)5)71-49(77)38(60)23-31(2)3/h10-11,15-16,28-34,38,40-46,48,66H,9,12-14,17-27,59-60H2,1-8H3,(H2,61,76)(H,64,67)(H,68,78)(H,69,81)(H,70,83)(H,71,77)(H,72,79)(H,73,80)(H,74,82)(H,75,84)(H,85,86)(H4,62,63,65)/t34-,38-,40-,41-,42-,43-,44-,45-,46-,48-/m0/s1. The molecule has 0 saturated carbocycles. The van der Waals surface area contributed by atoms with Gasteiger partial charge in [-0.1, -0.05) is 80.0 Å². The molecule has 21 N–H and O–H groups in total. The summed E-state index contributed by atoms with van der Waals surface area (Å²) in [6.45, 7) is 14.9. The van der Waals surface area contributed by atoms with Gasteiger partial charge >= 0.3 is 5.97 Å². The fourth-order valence-corrected chi connectivity index (χ4v) is 9.51. The monoisotopic (exact) mass is 1210 g/mol. The summed E-state index contributed by atoms with van der Waals surface area (Å²) in [5, 5.41) is 32.4. The van der Waals surface area contributed by atoms with Crippen LogP contribution in [-0.4, -0.2) is 153 Å². The molecule has 0 bridgehead atoms. The van der Waals surface area contributed by atoms with Gasteiger partial charge in [0.2, 0.25) is 53.2 Å². The second-order valence-electron chi connectivity index (χ2n) is 23.2. The van der Waals surface area contributed by atoms with Crippen LogP contribution in [0.2, 0.25) is 0 Å². The first kappa shape index (κ1) is 72.1. The van der Waals surface area contributed by atoms with Crippen molar-refractivity contribution in [3.05, 3.63) is 54.2 Å². The highest BCUT2D eigenvalue weighted by atomic mass is 16.4. The number of aromatic amines is 2. The second kappa shape index (κ2) is 36.6. The lowest BCUT2D eigenvalue weighted by molar-refractivity contribution is -0.144. The molecule has 2 aromatic heterocycles. The van der Waals surface area contributed by atoms with Gasteiger partial charge in [-0.3, -0.25) is 48.1 Å². The normalized spacial score (nSPS) is 14.9. The van der Waals surface area contributed by atoms with Crippen molar-refractivity contribution in [3.63, 3.8) is 0 Å². The van der Waals surface area contributed by atoms with E-state index in [-0.39, 0.29) is 88.2 Å². The van der Waals surface area contributed by atoms with E-state index < -0.39 is 126 Å². The van der Waals surface area contributed by atoms with Crippen LogP contribution in [0.4, 0.5) is 0 Å². The zero-order valence-electron chi connectivity index (χ0n) is 51.0. The minimum Gasteiger partial charge on any atom is -0.480 e. The van der Waals surface area contributed by atoms with E-state index in [0.29, 0.717) is 36.9 Å². The predicted molar refractivity (Wildman–Crippen MR) is 324 cm³/mol. The number of nitrogens with zero attached hydrogens (tertiary/aromatic N) is 2. The molecule has 1 aromatic carbocycles. The van der Waals surface area contributed by atoms with E-state index in [1.807, 2.05) is 33.8 Å². The van der Waals surface area contributed by atoms with Crippen LogP contribution in [0.3, 0.4) is 0 Å². The summed E-state index contributed by atoms with van der Waals surface area (Å²) in [5.74, 6) is -9.34. The van der Waals surface area contributed by atoms with Gasteiger partial charge in [0, 0.05) is 54.8 Å². The number of amides is 9. The van der Waals surface area contributed by atoms with E-state index >= 15 is 0 Å². The van der Waals surface area contributed by atoms with Gasteiger partial charge in [0.25, 0.3) is 0 Å². The number of carboxylic acids is 1. The Hall–Kier alpha value is -8.14. The van der Waals surface area contributed by atoms with E-state index in [0.717, 1.165) is 10.9 Å². The molecule has 10 atom stereocenters. The van der Waals surface area contributed by atoms with Gasteiger partial charge in [0.15, 0.2) is 5.96 Å². The first-order chi connectivity index (χ1) is 40.6. The number of imidazole rings is 1. The van der Waals surface area contributed by atoms with Crippen molar-refractivity contribution in [2.24, 2.45) is 57.3 Å². The summed E-state index contributed by atoms with van der Waals surface area (Å²) in [7, 11) is 0. The minimum atomic E-state index is -1.56. The highest BCUT2D eigenvalue weighted by molar-refractivity contribution is 5.98. The summed E-state index contributed by atoms with van der Waals surface area (Å²) in [5.41, 5.74) is 30.4. The topological polar surface area (TPSA) is 474 Å². The highest BCUT2D eigenvalue weighted by Crippen LogP contribution is 2.21. The molecule has 0 radical (unpaired) electrons. The average Bonchev–Trinajstić information content (AvgIpc) is 2.66. The van der Waals surface area contributed by atoms with Crippen molar-refractivity contribution >= 4 is 76.0 Å². The number of aromatic nitrogens is 3. The van der Waals surface area contributed by atoms with Gasteiger partial charge in [-0.2, -0.15) is 0 Å². The molecule has 0 aliphatic carbocycles. The SMILES string of the molecule is CC[C@H](C)[C@H](NC(=O)[C@H](Cc1c[nH]c2ccccc12)NC(=O)[C@H](CCC(N)=O)NC(=O)[C@H](Cc1cnc[nH]1)NC(=O)[C@H](CC(C)C)NC(=O)[C@H](CCCN=C(N)N)NC(=O)[C@H](CCCCN)NC(=O)[C@H](CC(C)C)NC(=O)[C@@H](N)CC(C)C)C(=O)O. The number of benzene rings is 1. The number of para-hydroxylation sites is 1. The molecule has 2 heterocycles. The number of guanidine groups is 1. The molecule has 28 nitrogen and oxygen atoms in total. The molecular formula is C58H95N17O11. The number of aliphatic carboxylic acids is 1. The number of fused-ring (bicyclic) bond motifs is 1. The Bertz CT molecular complexity index is 2730. The summed E-state index contributed by atoms with van der Waals surface area (Å²) >= 11 is 0. The molecule has 3 aromatic rings. The molecule has 478 valence electrons. The van der Waals surface area contributed by atoms with E-state index in [9.17, 15) is 53.1 Å². The number of hydrogen-bond acceptors (Lipinski definition) is 14.